The van der Waals surface area contributed by atoms with Crippen LogP contribution in [0.15, 0.2) is 48.5 Å². The molecule has 0 saturated carbocycles. The summed E-state index contributed by atoms with van der Waals surface area (Å²) >= 11 is 5.84. The fourth-order valence-corrected chi connectivity index (χ4v) is 3.17. The fourth-order valence-electron chi connectivity index (χ4n) is 3.04. The lowest BCUT2D eigenvalue weighted by atomic mass is 10.1. The normalized spacial score (nSPS) is 14.9. The maximum atomic E-state index is 12.4. The molecule has 0 spiro atoms. The maximum absolute atomic E-state index is 12.4. The second-order valence-corrected chi connectivity index (χ2v) is 7.09. The van der Waals surface area contributed by atoms with E-state index in [1.54, 1.807) is 43.3 Å². The van der Waals surface area contributed by atoms with Crippen LogP contribution in [0.3, 0.4) is 0 Å². The van der Waals surface area contributed by atoms with Crippen LogP contribution in [0.5, 0.6) is 0 Å². The molecule has 150 valence electrons. The van der Waals surface area contributed by atoms with Crippen molar-refractivity contribution in [2.24, 2.45) is 0 Å². The van der Waals surface area contributed by atoms with Gasteiger partial charge < -0.3 is 10.1 Å². The van der Waals surface area contributed by atoms with E-state index in [0.29, 0.717) is 5.02 Å². The first-order valence-electron chi connectivity index (χ1n) is 8.98. The number of esters is 1. The standard InChI is InChI=1S/C21H19ClN2O5/c1-12(14-7-9-15(22)10-8-14)23-18(25)11-29-21(28)13(2)24-19(26)16-5-3-4-6-17(16)20(24)27/h3-10,12-13H,11H2,1-2H3,(H,23,25)/t12-,13+/m0/s1. The monoisotopic (exact) mass is 414 g/mol. The van der Waals surface area contributed by atoms with Crippen molar-refractivity contribution in [3.05, 3.63) is 70.2 Å². The Balaban J connectivity index is 1.55. The summed E-state index contributed by atoms with van der Waals surface area (Å²) in [6.07, 6.45) is 0. The summed E-state index contributed by atoms with van der Waals surface area (Å²) < 4.78 is 5.01. The minimum atomic E-state index is -1.15. The van der Waals surface area contributed by atoms with Crippen LogP contribution in [-0.4, -0.2) is 41.2 Å². The lowest BCUT2D eigenvalue weighted by Gasteiger charge is -2.21. The number of nitrogens with zero attached hydrogens (tertiary/aromatic N) is 1. The van der Waals surface area contributed by atoms with Crippen molar-refractivity contribution in [2.45, 2.75) is 25.9 Å². The molecule has 2 atom stereocenters. The van der Waals surface area contributed by atoms with E-state index in [4.69, 9.17) is 16.3 Å². The van der Waals surface area contributed by atoms with Gasteiger partial charge in [-0.2, -0.15) is 0 Å². The van der Waals surface area contributed by atoms with Crippen LogP contribution in [0, 0.1) is 0 Å². The van der Waals surface area contributed by atoms with E-state index in [9.17, 15) is 19.2 Å². The molecule has 0 unspecified atom stereocenters. The lowest BCUT2D eigenvalue weighted by Crippen LogP contribution is -2.44. The predicted molar refractivity (Wildman–Crippen MR) is 105 cm³/mol. The Morgan fingerprint density at radius 3 is 2.10 bits per heavy atom. The molecule has 0 fully saturated rings. The number of hydrogen-bond acceptors (Lipinski definition) is 5. The Labute approximate surface area is 172 Å². The summed E-state index contributed by atoms with van der Waals surface area (Å²) in [7, 11) is 0. The lowest BCUT2D eigenvalue weighted by molar-refractivity contribution is -0.152. The van der Waals surface area contributed by atoms with Crippen LogP contribution in [0.4, 0.5) is 0 Å². The van der Waals surface area contributed by atoms with Gasteiger partial charge in [-0.05, 0) is 43.7 Å². The van der Waals surface area contributed by atoms with Crippen LogP contribution < -0.4 is 5.32 Å². The summed E-state index contributed by atoms with van der Waals surface area (Å²) in [6, 6.07) is 11.9. The number of imide groups is 1. The maximum Gasteiger partial charge on any atom is 0.329 e. The highest BCUT2D eigenvalue weighted by atomic mass is 35.5. The second-order valence-electron chi connectivity index (χ2n) is 6.65. The molecule has 8 heteroatoms. The number of amides is 3. The Kier molecular flexibility index (Phi) is 5.98. The molecule has 2 aromatic carbocycles. The number of rotatable bonds is 6. The molecule has 1 aliphatic rings. The molecule has 0 radical (unpaired) electrons. The van der Waals surface area contributed by atoms with Crippen LogP contribution in [0.25, 0.3) is 0 Å². The van der Waals surface area contributed by atoms with Gasteiger partial charge in [-0.25, -0.2) is 4.79 Å². The van der Waals surface area contributed by atoms with Gasteiger partial charge >= 0.3 is 5.97 Å². The van der Waals surface area contributed by atoms with Gasteiger partial charge in [0.15, 0.2) is 6.61 Å². The molecule has 7 nitrogen and oxygen atoms in total. The summed E-state index contributed by atoms with van der Waals surface area (Å²) in [5.74, 6) is -2.46. The molecule has 0 saturated heterocycles. The minimum Gasteiger partial charge on any atom is -0.454 e. The average Bonchev–Trinajstić information content (AvgIpc) is 2.96. The van der Waals surface area contributed by atoms with Crippen molar-refractivity contribution in [1.82, 2.24) is 10.2 Å². The number of ether oxygens (including phenoxy) is 1. The first-order valence-corrected chi connectivity index (χ1v) is 9.35. The Hall–Kier alpha value is -3.19. The van der Waals surface area contributed by atoms with Gasteiger partial charge in [0.1, 0.15) is 6.04 Å². The smallest absolute Gasteiger partial charge is 0.329 e. The molecular weight excluding hydrogens is 396 g/mol. The van der Waals surface area contributed by atoms with Crippen molar-refractivity contribution in [3.63, 3.8) is 0 Å². The van der Waals surface area contributed by atoms with Gasteiger partial charge in [0.25, 0.3) is 17.7 Å². The van der Waals surface area contributed by atoms with Crippen molar-refractivity contribution in [2.75, 3.05) is 6.61 Å². The number of carbonyl (C=O) groups excluding carboxylic acids is 4. The second kappa shape index (κ2) is 8.45. The zero-order valence-electron chi connectivity index (χ0n) is 15.8. The molecule has 0 aliphatic carbocycles. The number of nitrogens with one attached hydrogen (secondary N) is 1. The van der Waals surface area contributed by atoms with E-state index in [1.807, 2.05) is 0 Å². The highest BCUT2D eigenvalue weighted by molar-refractivity contribution is 6.30. The van der Waals surface area contributed by atoms with Crippen LogP contribution in [0.2, 0.25) is 5.02 Å². The number of benzene rings is 2. The molecule has 3 amide bonds. The SMILES string of the molecule is C[C@H](NC(=O)COC(=O)[C@@H](C)N1C(=O)c2ccccc2C1=O)c1ccc(Cl)cc1. The minimum absolute atomic E-state index is 0.242. The number of halogens is 1. The fraction of sp³-hybridized carbons (Fsp3) is 0.238. The van der Waals surface area contributed by atoms with E-state index in [2.05, 4.69) is 5.32 Å². The highest BCUT2D eigenvalue weighted by Crippen LogP contribution is 2.24. The summed E-state index contributed by atoms with van der Waals surface area (Å²) in [4.78, 5) is 50.1. The molecule has 3 rings (SSSR count). The third kappa shape index (κ3) is 4.30. The number of hydrogen-bond donors (Lipinski definition) is 1. The number of carbonyl (C=O) groups is 4. The largest absolute Gasteiger partial charge is 0.454 e. The summed E-state index contributed by atoms with van der Waals surface area (Å²) in [5.41, 5.74) is 1.33. The first-order chi connectivity index (χ1) is 13.8. The Morgan fingerprint density at radius 2 is 1.55 bits per heavy atom. The van der Waals surface area contributed by atoms with Gasteiger partial charge in [-0.1, -0.05) is 35.9 Å². The van der Waals surface area contributed by atoms with Crippen molar-refractivity contribution in [3.8, 4) is 0 Å². The van der Waals surface area contributed by atoms with E-state index in [1.165, 1.54) is 19.1 Å². The molecule has 0 bridgehead atoms. The van der Waals surface area contributed by atoms with Crippen molar-refractivity contribution >= 4 is 35.3 Å². The highest BCUT2D eigenvalue weighted by Gasteiger charge is 2.41. The quantitative estimate of drug-likeness (QED) is 0.579. The van der Waals surface area contributed by atoms with Crippen LogP contribution >= 0.6 is 11.6 Å². The van der Waals surface area contributed by atoms with Gasteiger partial charge in [-0.15, -0.1) is 0 Å². The molecular formula is C21H19ClN2O5. The van der Waals surface area contributed by atoms with Crippen molar-refractivity contribution < 1.29 is 23.9 Å². The molecule has 0 aromatic heterocycles. The molecule has 2 aromatic rings. The molecule has 1 N–H and O–H groups in total. The van der Waals surface area contributed by atoms with Gasteiger partial charge in [0, 0.05) is 5.02 Å². The first kappa shape index (κ1) is 20.5. The summed E-state index contributed by atoms with van der Waals surface area (Å²) in [5, 5.41) is 3.29. The van der Waals surface area contributed by atoms with E-state index >= 15 is 0 Å². The van der Waals surface area contributed by atoms with E-state index < -0.39 is 36.3 Å². The van der Waals surface area contributed by atoms with Crippen LogP contribution in [0.1, 0.15) is 46.2 Å². The van der Waals surface area contributed by atoms with E-state index in [-0.39, 0.29) is 17.2 Å². The summed E-state index contributed by atoms with van der Waals surface area (Å²) in [6.45, 7) is 2.65. The van der Waals surface area contributed by atoms with Crippen LogP contribution in [-0.2, 0) is 14.3 Å². The third-order valence-electron chi connectivity index (χ3n) is 4.65. The predicted octanol–water partition coefficient (Wildman–Crippen LogP) is 2.75. The molecule has 1 heterocycles. The topological polar surface area (TPSA) is 92.8 Å². The zero-order chi connectivity index (χ0) is 21.1. The number of fused-ring (bicyclic) bond motifs is 1. The van der Waals surface area contributed by atoms with Gasteiger partial charge in [0.05, 0.1) is 17.2 Å². The molecule has 29 heavy (non-hydrogen) atoms. The zero-order valence-corrected chi connectivity index (χ0v) is 16.6. The third-order valence-corrected chi connectivity index (χ3v) is 4.90. The Bertz CT molecular complexity index is 938. The van der Waals surface area contributed by atoms with E-state index in [0.717, 1.165) is 10.5 Å². The van der Waals surface area contributed by atoms with Gasteiger partial charge in [0.2, 0.25) is 0 Å². The Morgan fingerprint density at radius 1 is 1.00 bits per heavy atom. The molecule has 1 aliphatic heterocycles. The van der Waals surface area contributed by atoms with Crippen molar-refractivity contribution in [1.29, 1.82) is 0 Å². The average molecular weight is 415 g/mol. The van der Waals surface area contributed by atoms with Gasteiger partial charge in [-0.3, -0.25) is 19.3 Å².